The van der Waals surface area contributed by atoms with E-state index in [2.05, 4.69) is 9.97 Å². The van der Waals surface area contributed by atoms with E-state index in [1.165, 1.54) is 0 Å². The lowest BCUT2D eigenvalue weighted by Crippen LogP contribution is -2.32. The van der Waals surface area contributed by atoms with Crippen molar-refractivity contribution < 1.29 is 9.90 Å². The Balaban J connectivity index is 2.03. The van der Waals surface area contributed by atoms with E-state index in [1.807, 2.05) is 11.9 Å². The Morgan fingerprint density at radius 2 is 2.05 bits per heavy atom. The molecule has 1 aromatic carbocycles. The maximum absolute atomic E-state index is 11.5. The maximum atomic E-state index is 11.5. The van der Waals surface area contributed by atoms with Gasteiger partial charge in [-0.2, -0.15) is 0 Å². The SMILES string of the molecule is CN(C1CC1)C(C(=O)O)c1ccc2[nH]c(=O)[nH]c2c1. The van der Waals surface area contributed by atoms with Gasteiger partial charge in [-0.05, 0) is 37.6 Å². The van der Waals surface area contributed by atoms with E-state index in [1.54, 1.807) is 18.2 Å². The summed E-state index contributed by atoms with van der Waals surface area (Å²) in [5.74, 6) is -0.869. The molecule has 6 heteroatoms. The van der Waals surface area contributed by atoms with Gasteiger partial charge < -0.3 is 15.1 Å². The van der Waals surface area contributed by atoms with Crippen LogP contribution in [0.2, 0.25) is 0 Å². The smallest absolute Gasteiger partial charge is 0.325 e. The summed E-state index contributed by atoms with van der Waals surface area (Å²) in [6.07, 6.45) is 2.09. The molecule has 1 saturated carbocycles. The first kappa shape index (κ1) is 12.0. The largest absolute Gasteiger partial charge is 0.480 e. The molecule has 3 N–H and O–H groups in total. The van der Waals surface area contributed by atoms with Crippen molar-refractivity contribution in [3.05, 3.63) is 34.2 Å². The summed E-state index contributed by atoms with van der Waals surface area (Å²) in [6.45, 7) is 0. The highest BCUT2D eigenvalue weighted by atomic mass is 16.4. The molecule has 0 spiro atoms. The molecule has 0 bridgehead atoms. The van der Waals surface area contributed by atoms with Crippen LogP contribution in [0.15, 0.2) is 23.0 Å². The number of nitrogens with one attached hydrogen (secondary N) is 2. The van der Waals surface area contributed by atoms with Crippen molar-refractivity contribution >= 4 is 17.0 Å². The highest BCUT2D eigenvalue weighted by Crippen LogP contribution is 2.33. The number of aromatic nitrogens is 2. The number of carbonyl (C=O) groups is 1. The first-order valence-corrected chi connectivity index (χ1v) is 6.23. The van der Waals surface area contributed by atoms with E-state index in [4.69, 9.17) is 0 Å². The first-order valence-electron chi connectivity index (χ1n) is 6.23. The van der Waals surface area contributed by atoms with Crippen LogP contribution >= 0.6 is 0 Å². The molecule has 19 heavy (non-hydrogen) atoms. The number of hydrogen-bond acceptors (Lipinski definition) is 3. The second kappa shape index (κ2) is 4.24. The second-order valence-corrected chi connectivity index (χ2v) is 5.02. The first-order chi connectivity index (χ1) is 9.06. The third-order valence-corrected chi connectivity index (χ3v) is 3.62. The highest BCUT2D eigenvalue weighted by molar-refractivity contribution is 5.80. The third-order valence-electron chi connectivity index (χ3n) is 3.62. The molecule has 1 unspecified atom stereocenters. The monoisotopic (exact) mass is 261 g/mol. The fourth-order valence-electron chi connectivity index (χ4n) is 2.46. The van der Waals surface area contributed by atoms with Crippen molar-refractivity contribution in [1.29, 1.82) is 0 Å². The molecule has 1 aliphatic rings. The van der Waals surface area contributed by atoms with Gasteiger partial charge in [-0.1, -0.05) is 6.07 Å². The molecule has 0 aliphatic heterocycles. The summed E-state index contributed by atoms with van der Waals surface area (Å²) in [5, 5.41) is 9.43. The average molecular weight is 261 g/mol. The van der Waals surface area contributed by atoms with Gasteiger partial charge in [0.2, 0.25) is 0 Å². The summed E-state index contributed by atoms with van der Waals surface area (Å²) in [7, 11) is 1.83. The summed E-state index contributed by atoms with van der Waals surface area (Å²) >= 11 is 0. The molecule has 3 rings (SSSR count). The number of carboxylic acids is 1. The minimum Gasteiger partial charge on any atom is -0.480 e. The van der Waals surface area contributed by atoms with Gasteiger partial charge in [-0.3, -0.25) is 9.69 Å². The molecule has 6 nitrogen and oxygen atoms in total. The Hall–Kier alpha value is -2.08. The van der Waals surface area contributed by atoms with Crippen molar-refractivity contribution in [2.24, 2.45) is 0 Å². The van der Waals surface area contributed by atoms with Crippen LogP contribution in [0.5, 0.6) is 0 Å². The van der Waals surface area contributed by atoms with Crippen molar-refractivity contribution in [1.82, 2.24) is 14.9 Å². The van der Waals surface area contributed by atoms with E-state index >= 15 is 0 Å². The summed E-state index contributed by atoms with van der Waals surface area (Å²) < 4.78 is 0. The molecule has 0 saturated heterocycles. The molecule has 1 aromatic heterocycles. The van der Waals surface area contributed by atoms with Crippen LogP contribution in [-0.4, -0.2) is 39.0 Å². The van der Waals surface area contributed by atoms with E-state index in [0.717, 1.165) is 12.8 Å². The quantitative estimate of drug-likeness (QED) is 0.768. The van der Waals surface area contributed by atoms with Gasteiger partial charge >= 0.3 is 11.7 Å². The molecule has 0 radical (unpaired) electrons. The summed E-state index contributed by atoms with van der Waals surface area (Å²) in [5.41, 5.74) is 1.73. The Morgan fingerprint density at radius 1 is 1.37 bits per heavy atom. The zero-order chi connectivity index (χ0) is 13.6. The van der Waals surface area contributed by atoms with Gasteiger partial charge in [0.05, 0.1) is 11.0 Å². The minimum atomic E-state index is -0.869. The highest BCUT2D eigenvalue weighted by Gasteiger charge is 2.35. The number of hydrogen-bond donors (Lipinski definition) is 3. The Morgan fingerprint density at radius 3 is 2.68 bits per heavy atom. The predicted molar refractivity (Wildman–Crippen MR) is 70.1 cm³/mol. The lowest BCUT2D eigenvalue weighted by Gasteiger charge is -2.24. The summed E-state index contributed by atoms with van der Waals surface area (Å²) in [6, 6.07) is 4.89. The molecule has 0 amide bonds. The number of aliphatic carboxylic acids is 1. The van der Waals surface area contributed by atoms with Crippen molar-refractivity contribution in [3.63, 3.8) is 0 Å². The Labute approximate surface area is 109 Å². The molecule has 1 heterocycles. The number of likely N-dealkylation sites (N-methyl/N-ethyl adjacent to an activating group) is 1. The van der Waals surface area contributed by atoms with Crippen molar-refractivity contribution in [3.8, 4) is 0 Å². The summed E-state index contributed by atoms with van der Waals surface area (Å²) in [4.78, 5) is 29.9. The van der Waals surface area contributed by atoms with Gasteiger partial charge in [0.1, 0.15) is 6.04 Å². The zero-order valence-electron chi connectivity index (χ0n) is 10.5. The van der Waals surface area contributed by atoms with Gasteiger partial charge in [-0.25, -0.2) is 4.79 Å². The lowest BCUT2D eigenvalue weighted by atomic mass is 10.0. The van der Waals surface area contributed by atoms with Crippen LogP contribution in [0.4, 0.5) is 0 Å². The number of H-pyrrole nitrogens is 2. The van der Waals surface area contributed by atoms with Crippen LogP contribution in [0.25, 0.3) is 11.0 Å². The number of fused-ring (bicyclic) bond motifs is 1. The minimum absolute atomic E-state index is 0.283. The molecule has 1 atom stereocenters. The molecule has 100 valence electrons. The third kappa shape index (κ3) is 2.15. The van der Waals surface area contributed by atoms with E-state index in [-0.39, 0.29) is 5.69 Å². The lowest BCUT2D eigenvalue weighted by molar-refractivity contribution is -0.143. The van der Waals surface area contributed by atoms with Crippen LogP contribution in [0.3, 0.4) is 0 Å². The number of benzene rings is 1. The molecule has 2 aromatic rings. The van der Waals surface area contributed by atoms with Gasteiger partial charge in [-0.15, -0.1) is 0 Å². The van der Waals surface area contributed by atoms with E-state index in [0.29, 0.717) is 22.6 Å². The topological polar surface area (TPSA) is 89.2 Å². The second-order valence-electron chi connectivity index (χ2n) is 5.02. The van der Waals surface area contributed by atoms with E-state index in [9.17, 15) is 14.7 Å². The predicted octanol–water partition coefficient (Wildman–Crippen LogP) is 1.08. The molecular formula is C13H15N3O3. The van der Waals surface area contributed by atoms with Crippen molar-refractivity contribution in [2.75, 3.05) is 7.05 Å². The van der Waals surface area contributed by atoms with Gasteiger partial charge in [0.25, 0.3) is 0 Å². The zero-order valence-corrected chi connectivity index (χ0v) is 10.5. The van der Waals surface area contributed by atoms with Crippen LogP contribution in [0.1, 0.15) is 24.4 Å². The molecular weight excluding hydrogens is 246 g/mol. The molecule has 1 aliphatic carbocycles. The van der Waals surface area contributed by atoms with Crippen molar-refractivity contribution in [2.45, 2.75) is 24.9 Å². The normalized spacial score (nSPS) is 16.9. The van der Waals surface area contributed by atoms with E-state index < -0.39 is 12.0 Å². The van der Waals surface area contributed by atoms with Crippen LogP contribution in [0, 0.1) is 0 Å². The average Bonchev–Trinajstić information content (AvgIpc) is 3.11. The van der Waals surface area contributed by atoms with Gasteiger partial charge in [0.15, 0.2) is 0 Å². The number of rotatable bonds is 4. The number of carboxylic acid groups (broad SMARTS) is 1. The number of nitrogens with zero attached hydrogens (tertiary/aromatic N) is 1. The standard InChI is InChI=1S/C13H15N3O3/c1-16(8-3-4-8)11(12(17)18)7-2-5-9-10(6-7)15-13(19)14-9/h2,5-6,8,11H,3-4H2,1H3,(H,17,18)(H2,14,15,19). The van der Waals surface area contributed by atoms with Gasteiger partial charge in [0, 0.05) is 6.04 Å². The fraction of sp³-hybridized carbons (Fsp3) is 0.385. The maximum Gasteiger partial charge on any atom is 0.325 e. The number of imidazole rings is 1. The number of aromatic amines is 2. The fourth-order valence-corrected chi connectivity index (χ4v) is 2.46. The van der Waals surface area contributed by atoms with Crippen LogP contribution in [-0.2, 0) is 4.79 Å². The molecule has 1 fully saturated rings. The Bertz CT molecular complexity index is 684. The Kier molecular flexibility index (Phi) is 2.67. The van der Waals surface area contributed by atoms with Crippen LogP contribution < -0.4 is 5.69 Å².